The fraction of sp³-hybridized carbons (Fsp3) is 0.300. The van der Waals surface area contributed by atoms with Gasteiger partial charge >= 0.3 is 0 Å². The molecular weight excluding hydrogens is 380 g/mol. The van der Waals surface area contributed by atoms with Gasteiger partial charge in [-0.15, -0.1) is 0 Å². The van der Waals surface area contributed by atoms with Gasteiger partial charge in [-0.25, -0.2) is 0 Å². The summed E-state index contributed by atoms with van der Waals surface area (Å²) >= 11 is 6.43. The van der Waals surface area contributed by atoms with Gasteiger partial charge in [0.15, 0.2) is 0 Å². The van der Waals surface area contributed by atoms with Gasteiger partial charge in [0.25, 0.3) is 5.91 Å². The van der Waals surface area contributed by atoms with E-state index in [0.717, 1.165) is 29.6 Å². The molecule has 0 saturated carbocycles. The topological polar surface area (TPSA) is 90.2 Å². The fourth-order valence-corrected chi connectivity index (χ4v) is 3.89. The van der Waals surface area contributed by atoms with Crippen molar-refractivity contribution in [1.82, 2.24) is 20.2 Å². The lowest BCUT2D eigenvalue weighted by Crippen LogP contribution is -2.44. The number of hydrogen-bond donors (Lipinski definition) is 3. The summed E-state index contributed by atoms with van der Waals surface area (Å²) in [6.45, 7) is 3.10. The van der Waals surface area contributed by atoms with Crippen molar-refractivity contribution in [2.24, 2.45) is 0 Å². The van der Waals surface area contributed by atoms with E-state index < -0.39 is 0 Å². The first-order valence-corrected chi connectivity index (χ1v) is 9.55. The number of amides is 1. The van der Waals surface area contributed by atoms with E-state index in [2.05, 4.69) is 20.2 Å². The first kappa shape index (κ1) is 18.7. The number of hydrogen-bond acceptors (Lipinski definition) is 4. The largest absolute Gasteiger partial charge is 0.379 e. The number of nitrogens with zero attached hydrogens (tertiary/aromatic N) is 1. The molecule has 7 nitrogen and oxygen atoms in total. The molecule has 146 valence electrons. The van der Waals surface area contributed by atoms with Crippen molar-refractivity contribution in [3.05, 3.63) is 69.2 Å². The quantitative estimate of drug-likeness (QED) is 0.613. The van der Waals surface area contributed by atoms with Gasteiger partial charge in [-0.3, -0.25) is 14.5 Å². The second-order valence-electron chi connectivity index (χ2n) is 6.73. The van der Waals surface area contributed by atoms with E-state index in [9.17, 15) is 9.59 Å². The lowest BCUT2D eigenvalue weighted by molar-refractivity contribution is 0.0162. The number of benzene rings is 1. The number of nitrogens with one attached hydrogen (secondary N) is 3. The summed E-state index contributed by atoms with van der Waals surface area (Å²) in [4.78, 5) is 32.5. The monoisotopic (exact) mass is 400 g/mol. The van der Waals surface area contributed by atoms with E-state index in [4.69, 9.17) is 16.3 Å². The van der Waals surface area contributed by atoms with Crippen LogP contribution >= 0.6 is 11.6 Å². The van der Waals surface area contributed by atoms with Crippen molar-refractivity contribution < 1.29 is 9.53 Å². The highest BCUT2D eigenvalue weighted by molar-refractivity contribution is 6.38. The molecule has 1 atom stereocenters. The van der Waals surface area contributed by atoms with Crippen molar-refractivity contribution in [2.75, 3.05) is 32.8 Å². The van der Waals surface area contributed by atoms with Gasteiger partial charge < -0.3 is 20.0 Å². The van der Waals surface area contributed by atoms with Crippen LogP contribution in [-0.4, -0.2) is 53.6 Å². The Morgan fingerprint density at radius 1 is 1.18 bits per heavy atom. The van der Waals surface area contributed by atoms with Crippen LogP contribution < -0.4 is 10.9 Å². The first-order chi connectivity index (χ1) is 13.6. The Morgan fingerprint density at radius 2 is 1.96 bits per heavy atom. The van der Waals surface area contributed by atoms with Gasteiger partial charge in [-0.2, -0.15) is 0 Å². The second kappa shape index (κ2) is 8.18. The Hall–Kier alpha value is -2.61. The average molecular weight is 401 g/mol. The molecule has 1 fully saturated rings. The van der Waals surface area contributed by atoms with E-state index >= 15 is 0 Å². The second-order valence-corrected chi connectivity index (χ2v) is 7.10. The molecule has 3 N–H and O–H groups in total. The Kier molecular flexibility index (Phi) is 5.47. The summed E-state index contributed by atoms with van der Waals surface area (Å²) in [5.74, 6) is -0.240. The maximum Gasteiger partial charge on any atom is 0.252 e. The molecular formula is C20H21ClN4O3. The Bertz CT molecular complexity index is 1040. The van der Waals surface area contributed by atoms with Crippen LogP contribution in [0.5, 0.6) is 0 Å². The number of H-pyrrole nitrogens is 2. The van der Waals surface area contributed by atoms with Crippen LogP contribution in [0, 0.1) is 0 Å². The van der Waals surface area contributed by atoms with Crippen LogP contribution in [0.25, 0.3) is 10.9 Å². The molecule has 1 unspecified atom stereocenters. The number of aromatic nitrogens is 2. The van der Waals surface area contributed by atoms with Gasteiger partial charge in [-0.1, -0.05) is 11.6 Å². The van der Waals surface area contributed by atoms with Crippen LogP contribution in [-0.2, 0) is 4.74 Å². The number of pyridine rings is 1. The lowest BCUT2D eigenvalue weighted by atomic mass is 10.1. The van der Waals surface area contributed by atoms with Crippen LogP contribution in [0.1, 0.15) is 22.0 Å². The SMILES string of the molecule is O=C(NCC(c1cc[nH]c(=O)c1)N1CCOCC1)c1ccc2[nH]ccc2c1Cl. The van der Waals surface area contributed by atoms with Gasteiger partial charge in [0.05, 0.1) is 29.8 Å². The molecule has 1 amide bonds. The summed E-state index contributed by atoms with van der Waals surface area (Å²) in [7, 11) is 0. The molecule has 28 heavy (non-hydrogen) atoms. The minimum atomic E-state index is -0.240. The van der Waals surface area contributed by atoms with Gasteiger partial charge in [-0.05, 0) is 29.8 Å². The number of fused-ring (bicyclic) bond motifs is 1. The number of halogens is 1. The van der Waals surface area contributed by atoms with Crippen molar-refractivity contribution in [1.29, 1.82) is 0 Å². The highest BCUT2D eigenvalue weighted by Crippen LogP contribution is 2.27. The molecule has 3 heterocycles. The minimum Gasteiger partial charge on any atom is -0.379 e. The number of carbonyl (C=O) groups excluding carboxylic acids is 1. The number of carbonyl (C=O) groups is 1. The van der Waals surface area contributed by atoms with Gasteiger partial charge in [0.1, 0.15) is 0 Å². The Labute approximate surface area is 166 Å². The zero-order valence-corrected chi connectivity index (χ0v) is 16.0. The molecule has 1 aliphatic heterocycles. The molecule has 0 aliphatic carbocycles. The summed E-state index contributed by atoms with van der Waals surface area (Å²) in [6, 6.07) is 8.73. The third-order valence-corrected chi connectivity index (χ3v) is 5.45. The number of morpholine rings is 1. The molecule has 3 aromatic rings. The number of ether oxygens (including phenoxy) is 1. The lowest BCUT2D eigenvalue weighted by Gasteiger charge is -2.34. The summed E-state index contributed by atoms with van der Waals surface area (Å²) < 4.78 is 5.44. The van der Waals surface area contributed by atoms with E-state index in [1.807, 2.05) is 18.2 Å². The molecule has 0 bridgehead atoms. The third kappa shape index (κ3) is 3.82. The number of aromatic amines is 2. The van der Waals surface area contributed by atoms with Crippen molar-refractivity contribution in [2.45, 2.75) is 6.04 Å². The van der Waals surface area contributed by atoms with Crippen molar-refractivity contribution in [3.8, 4) is 0 Å². The Balaban J connectivity index is 1.55. The highest BCUT2D eigenvalue weighted by Gasteiger charge is 2.24. The van der Waals surface area contributed by atoms with E-state index in [1.54, 1.807) is 24.5 Å². The summed E-state index contributed by atoms with van der Waals surface area (Å²) in [5.41, 5.74) is 2.01. The van der Waals surface area contributed by atoms with Crippen molar-refractivity contribution in [3.63, 3.8) is 0 Å². The fourth-order valence-electron chi connectivity index (χ4n) is 3.57. The molecule has 8 heteroatoms. The molecule has 1 aromatic carbocycles. The average Bonchev–Trinajstić information content (AvgIpc) is 3.19. The van der Waals surface area contributed by atoms with Gasteiger partial charge in [0, 0.05) is 49.0 Å². The molecule has 0 radical (unpaired) electrons. The maximum absolute atomic E-state index is 12.8. The van der Waals surface area contributed by atoms with Crippen LogP contribution in [0.3, 0.4) is 0 Å². The normalized spacial score (nSPS) is 16.2. The summed E-state index contributed by atoms with van der Waals surface area (Å²) in [6.07, 6.45) is 3.42. The standard InChI is InChI=1S/C20H21ClN4O3/c21-19-14-4-6-22-16(14)2-1-15(19)20(27)24-12-17(25-7-9-28-10-8-25)13-3-5-23-18(26)11-13/h1-6,11,17,22H,7-10,12H2,(H,23,26)(H,24,27). The van der Waals surface area contributed by atoms with E-state index in [-0.39, 0.29) is 17.5 Å². The molecule has 1 saturated heterocycles. The van der Waals surface area contributed by atoms with Crippen LogP contribution in [0.4, 0.5) is 0 Å². The predicted molar refractivity (Wildman–Crippen MR) is 108 cm³/mol. The van der Waals surface area contributed by atoms with Crippen LogP contribution in [0.2, 0.25) is 5.02 Å². The zero-order chi connectivity index (χ0) is 19.5. The first-order valence-electron chi connectivity index (χ1n) is 9.18. The zero-order valence-electron chi connectivity index (χ0n) is 15.2. The molecule has 4 rings (SSSR count). The molecule has 0 spiro atoms. The molecule has 2 aromatic heterocycles. The Morgan fingerprint density at radius 3 is 2.75 bits per heavy atom. The molecule has 1 aliphatic rings. The van der Waals surface area contributed by atoms with Gasteiger partial charge in [0.2, 0.25) is 5.56 Å². The van der Waals surface area contributed by atoms with E-state index in [1.165, 1.54) is 0 Å². The number of rotatable bonds is 5. The van der Waals surface area contributed by atoms with Crippen molar-refractivity contribution >= 4 is 28.4 Å². The van der Waals surface area contributed by atoms with Crippen LogP contribution in [0.15, 0.2) is 47.5 Å². The predicted octanol–water partition coefficient (Wildman–Crippen LogP) is 2.31. The highest BCUT2D eigenvalue weighted by atomic mass is 35.5. The third-order valence-electron chi connectivity index (χ3n) is 5.04. The maximum atomic E-state index is 12.8. The summed E-state index contributed by atoms with van der Waals surface area (Å²) in [5, 5.41) is 4.22. The smallest absolute Gasteiger partial charge is 0.252 e. The minimum absolute atomic E-state index is 0.120. The van der Waals surface area contributed by atoms with E-state index in [0.29, 0.717) is 30.3 Å².